The van der Waals surface area contributed by atoms with Crippen molar-refractivity contribution in [3.05, 3.63) is 0 Å². The summed E-state index contributed by atoms with van der Waals surface area (Å²) in [6.45, 7) is 0. The molecule has 4 nitrogen and oxygen atoms in total. The van der Waals surface area contributed by atoms with E-state index in [9.17, 15) is 0 Å². The maximum absolute atomic E-state index is 8.52. The molecule has 3 radical (unpaired) electrons. The molecule has 0 heterocycles. The summed E-state index contributed by atoms with van der Waals surface area (Å²) >= 11 is 0. The molecule has 0 N–H and O–H groups in total. The molecule has 6 heavy (non-hydrogen) atoms. The molecule has 0 saturated carbocycles. The van der Waals surface area contributed by atoms with Gasteiger partial charge in [-0.3, -0.25) is 8.42 Å². The summed E-state index contributed by atoms with van der Waals surface area (Å²) in [7, 11) is -5.17. The van der Waals surface area contributed by atoms with E-state index in [1.54, 1.807) is 0 Å². The molecule has 0 bridgehead atoms. The molecule has 37 valence electrons. The van der Waals surface area contributed by atoms with E-state index in [0.717, 1.165) is 0 Å². The lowest BCUT2D eigenvalue weighted by molar-refractivity contribution is -0.00000836. The largest absolute Gasteiger partial charge is 2.00 e. The Morgan fingerprint density at radius 3 is 1.17 bits per heavy atom. The standard InChI is InChI=1S/Br.H2O4S/c;1-5(2,3)4/h;(H2,1,2,3,4)/q+2;/p-2. The van der Waals surface area contributed by atoms with Crippen LogP contribution in [0.2, 0.25) is 0 Å². The summed E-state index contributed by atoms with van der Waals surface area (Å²) in [5.41, 5.74) is 0. The molecule has 0 atom stereocenters. The van der Waals surface area contributed by atoms with Gasteiger partial charge in [0.05, 0.1) is 0 Å². The van der Waals surface area contributed by atoms with Gasteiger partial charge >= 0.3 is 17.0 Å². The predicted octanol–water partition coefficient (Wildman–Crippen LogP) is -1.34. The van der Waals surface area contributed by atoms with Crippen LogP contribution in [-0.4, -0.2) is 17.5 Å². The molecule has 0 saturated heterocycles. The number of halogens is 1. The molecule has 0 aliphatic carbocycles. The SMILES string of the molecule is O=S(=O)([O-])[O-].[Br+2]. The second-order valence-corrected chi connectivity index (χ2v) is 1.22. The second-order valence-electron chi connectivity index (χ2n) is 0.408. The van der Waals surface area contributed by atoms with E-state index in [1.165, 1.54) is 0 Å². The van der Waals surface area contributed by atoms with Crippen LogP contribution in [0.15, 0.2) is 0 Å². The van der Waals surface area contributed by atoms with Crippen LogP contribution in [0.25, 0.3) is 0 Å². The Morgan fingerprint density at radius 2 is 1.17 bits per heavy atom. The summed E-state index contributed by atoms with van der Waals surface area (Å²) in [5.74, 6) is 0. The van der Waals surface area contributed by atoms with Crippen LogP contribution in [0.1, 0.15) is 0 Å². The first-order valence-electron chi connectivity index (χ1n) is 0.667. The van der Waals surface area contributed by atoms with Gasteiger partial charge in [0.1, 0.15) is 0 Å². The normalized spacial score (nSPS) is 9.67. The molecular formula is BrO4S. The molecule has 0 amide bonds. The van der Waals surface area contributed by atoms with Gasteiger partial charge in [-0.15, -0.1) is 0 Å². The molecule has 0 spiro atoms. The maximum atomic E-state index is 8.52. The molecule has 0 fully saturated rings. The first-order chi connectivity index (χ1) is 2.00. The van der Waals surface area contributed by atoms with Gasteiger partial charge in [-0.05, 0) is 0 Å². The Labute approximate surface area is 45.5 Å². The summed E-state index contributed by atoms with van der Waals surface area (Å²) in [6.07, 6.45) is 0. The Hall–Kier alpha value is 0.350. The van der Waals surface area contributed by atoms with Crippen LogP contribution in [0.5, 0.6) is 0 Å². The van der Waals surface area contributed by atoms with E-state index in [0.29, 0.717) is 0 Å². The number of rotatable bonds is 0. The summed E-state index contributed by atoms with van der Waals surface area (Å²) in [6, 6.07) is 0. The Bertz CT molecular complexity index is 90.7. The van der Waals surface area contributed by atoms with Crippen molar-refractivity contribution >= 4 is 10.4 Å². The van der Waals surface area contributed by atoms with Crippen molar-refractivity contribution in [2.45, 2.75) is 0 Å². The molecule has 0 unspecified atom stereocenters. The zero-order valence-corrected chi connectivity index (χ0v) is 4.82. The van der Waals surface area contributed by atoms with Crippen molar-refractivity contribution in [1.82, 2.24) is 0 Å². The Balaban J connectivity index is 0. The van der Waals surface area contributed by atoms with Crippen molar-refractivity contribution in [3.63, 3.8) is 0 Å². The van der Waals surface area contributed by atoms with Crippen molar-refractivity contribution in [3.8, 4) is 0 Å². The van der Waals surface area contributed by atoms with Gasteiger partial charge in [0.15, 0.2) is 0 Å². The van der Waals surface area contributed by atoms with Gasteiger partial charge in [-0.25, -0.2) is 0 Å². The molecular weight excluding hydrogens is 176 g/mol. The van der Waals surface area contributed by atoms with Gasteiger partial charge in [0, 0.05) is 10.4 Å². The summed E-state index contributed by atoms with van der Waals surface area (Å²) in [5, 5.41) is 0. The van der Waals surface area contributed by atoms with Crippen molar-refractivity contribution < 1.29 is 34.5 Å². The average molecular weight is 176 g/mol. The average Bonchev–Trinajstić information content (AvgIpc) is 0.722. The molecule has 0 aliphatic heterocycles. The minimum absolute atomic E-state index is 0. The highest BCUT2D eigenvalue weighted by molar-refractivity contribution is 7.79. The van der Waals surface area contributed by atoms with E-state index in [4.69, 9.17) is 17.5 Å². The number of hydrogen-bond acceptors (Lipinski definition) is 4. The van der Waals surface area contributed by atoms with Crippen molar-refractivity contribution in [1.29, 1.82) is 0 Å². The predicted molar refractivity (Wildman–Crippen MR) is 10.5 cm³/mol. The quantitative estimate of drug-likeness (QED) is 0.338. The third-order valence-corrected chi connectivity index (χ3v) is 0. The van der Waals surface area contributed by atoms with E-state index in [1.807, 2.05) is 0 Å². The highest BCUT2D eigenvalue weighted by atomic mass is 79.9. The van der Waals surface area contributed by atoms with E-state index >= 15 is 0 Å². The third-order valence-electron chi connectivity index (χ3n) is 0. The lowest BCUT2D eigenvalue weighted by atomic mass is 15.8. The lowest BCUT2D eigenvalue weighted by Gasteiger charge is -2.06. The summed E-state index contributed by atoms with van der Waals surface area (Å²) in [4.78, 5) is 0. The van der Waals surface area contributed by atoms with E-state index < -0.39 is 10.4 Å². The summed E-state index contributed by atoms with van der Waals surface area (Å²) < 4.78 is 34.1. The molecule has 0 aromatic rings. The molecule has 0 aromatic heterocycles. The van der Waals surface area contributed by atoms with Crippen LogP contribution in [0.4, 0.5) is 0 Å². The van der Waals surface area contributed by atoms with Crippen molar-refractivity contribution in [2.75, 3.05) is 0 Å². The second kappa shape index (κ2) is 2.51. The minimum Gasteiger partial charge on any atom is -0.759 e. The van der Waals surface area contributed by atoms with Gasteiger partial charge in [-0.2, -0.15) is 0 Å². The Morgan fingerprint density at radius 1 is 1.17 bits per heavy atom. The van der Waals surface area contributed by atoms with Crippen LogP contribution in [0.3, 0.4) is 0 Å². The Kier molecular flexibility index (Phi) is 4.02. The van der Waals surface area contributed by atoms with Gasteiger partial charge in [0.25, 0.3) is 0 Å². The monoisotopic (exact) mass is 175 g/mol. The van der Waals surface area contributed by atoms with Gasteiger partial charge in [0.2, 0.25) is 0 Å². The molecule has 6 heteroatoms. The van der Waals surface area contributed by atoms with E-state index in [-0.39, 0.29) is 17.0 Å². The lowest BCUT2D eigenvalue weighted by Crippen LogP contribution is -1.91. The smallest absolute Gasteiger partial charge is 0.759 e. The van der Waals surface area contributed by atoms with E-state index in [2.05, 4.69) is 0 Å². The molecule has 0 aromatic carbocycles. The molecule has 0 aliphatic rings. The van der Waals surface area contributed by atoms with Gasteiger partial charge in [-0.1, -0.05) is 0 Å². The van der Waals surface area contributed by atoms with Crippen LogP contribution >= 0.6 is 0 Å². The van der Waals surface area contributed by atoms with Crippen LogP contribution in [0, 0.1) is 17.0 Å². The van der Waals surface area contributed by atoms with Crippen LogP contribution < -0.4 is 0 Å². The van der Waals surface area contributed by atoms with Crippen LogP contribution in [-0.2, 0) is 10.4 Å². The fraction of sp³-hybridized carbons (Fsp3) is 0. The maximum Gasteiger partial charge on any atom is 2.00 e. The molecule has 0 rings (SSSR count). The minimum atomic E-state index is -5.17. The first-order valence-corrected chi connectivity index (χ1v) is 2.00. The zero-order valence-electron chi connectivity index (χ0n) is 2.42. The topological polar surface area (TPSA) is 80.3 Å². The number of hydrogen-bond donors (Lipinski definition) is 0. The first kappa shape index (κ1) is 9.61. The third kappa shape index (κ3) is 399. The van der Waals surface area contributed by atoms with Gasteiger partial charge < -0.3 is 9.11 Å². The highest BCUT2D eigenvalue weighted by Crippen LogP contribution is 1.57. The van der Waals surface area contributed by atoms with Crippen molar-refractivity contribution in [2.24, 2.45) is 0 Å². The highest BCUT2D eigenvalue weighted by Gasteiger charge is 2.00. The fourth-order valence-corrected chi connectivity index (χ4v) is 0. The fourth-order valence-electron chi connectivity index (χ4n) is 0. The zero-order chi connectivity index (χ0) is 4.50.